The number of hydrogen-bond acceptors (Lipinski definition) is 8. The highest BCUT2D eigenvalue weighted by Gasteiger charge is 2.48. The molecule has 0 amide bonds. The summed E-state index contributed by atoms with van der Waals surface area (Å²) in [5.41, 5.74) is 7.05. The molecule has 6 saturated heterocycles. The molecule has 6 aliphatic heterocycles. The molecule has 2 aromatic carbocycles. The van der Waals surface area contributed by atoms with Gasteiger partial charge in [0.2, 0.25) is 0 Å². The highest BCUT2D eigenvalue weighted by atomic mass is 35.5. The molecule has 0 radical (unpaired) electrons. The fraction of sp³-hybridized carbons (Fsp3) is 0.561. The topological polar surface area (TPSA) is 83.7 Å². The molecule has 8 heterocycles. The average molecular weight is 846 g/mol. The average Bonchev–Trinajstić information content (AvgIpc) is 3.78. The van der Waals surface area contributed by atoms with Gasteiger partial charge in [0.05, 0.1) is 17.7 Å². The van der Waals surface area contributed by atoms with Crippen molar-refractivity contribution in [2.45, 2.75) is 102 Å². The summed E-state index contributed by atoms with van der Waals surface area (Å²) >= 11 is 2.57. The van der Waals surface area contributed by atoms with E-state index in [1.807, 2.05) is 17.5 Å². The molecule has 6 fully saturated rings. The van der Waals surface area contributed by atoms with E-state index in [-0.39, 0.29) is 41.0 Å². The van der Waals surface area contributed by atoms with Gasteiger partial charge in [0.15, 0.2) is 5.78 Å². The molecule has 6 nitrogen and oxygen atoms in total. The molecule has 0 unspecified atom stereocenters. The van der Waals surface area contributed by atoms with Crippen LogP contribution in [0.4, 0.5) is 26.3 Å². The number of carbonyl (C=O) groups excluding carboxylic acids is 3. The lowest BCUT2D eigenvalue weighted by molar-refractivity contribution is -0.191. The molecule has 0 saturated carbocycles. The van der Waals surface area contributed by atoms with Crippen molar-refractivity contribution in [1.82, 2.24) is 9.80 Å². The Balaban J connectivity index is 0.000000200. The molecular formula is C41H50ClF6N3O3S2. The molecule has 56 heavy (non-hydrogen) atoms. The molecular weight excluding hydrogens is 796 g/mol. The minimum Gasteiger partial charge on any atom is -0.326 e. The van der Waals surface area contributed by atoms with Gasteiger partial charge in [0.25, 0.3) is 0 Å². The number of nitrogens with two attached hydrogens (primary N) is 1. The summed E-state index contributed by atoms with van der Waals surface area (Å²) in [5, 5.41) is 3.43. The van der Waals surface area contributed by atoms with E-state index in [4.69, 9.17) is 15.3 Å². The number of halogens is 7. The maximum absolute atomic E-state index is 13.0. The van der Waals surface area contributed by atoms with Crippen LogP contribution in [0.25, 0.3) is 20.2 Å². The van der Waals surface area contributed by atoms with E-state index in [1.165, 1.54) is 60.7 Å². The maximum atomic E-state index is 13.0. The second-order valence-corrected chi connectivity index (χ2v) is 18.1. The Morgan fingerprint density at radius 2 is 1.25 bits per heavy atom. The molecule has 0 spiro atoms. The van der Waals surface area contributed by atoms with Crippen LogP contribution in [0.3, 0.4) is 0 Å². The number of benzene rings is 2. The van der Waals surface area contributed by atoms with Crippen LogP contribution in [0, 0.1) is 17.8 Å². The fourth-order valence-electron chi connectivity index (χ4n) is 9.06. The smallest absolute Gasteiger partial charge is 0.326 e. The summed E-state index contributed by atoms with van der Waals surface area (Å²) in [4.78, 5) is 34.9. The molecule has 10 rings (SSSR count). The maximum Gasteiger partial charge on any atom is 0.393 e. The van der Waals surface area contributed by atoms with E-state index < -0.39 is 25.2 Å². The quantitative estimate of drug-likeness (QED) is 0.159. The molecule has 4 aromatic rings. The third-order valence-electron chi connectivity index (χ3n) is 12.2. The van der Waals surface area contributed by atoms with Crippen LogP contribution in [0.1, 0.15) is 80.6 Å². The standard InChI is InChI=1S/C21H24F3NOS.C10H7F3S.C9H18N2.CO2.ClH/c1-20(2)16(13-6-8-25(20)9-7-13)11-17(26)18-10-14-4-3-5-15(19(14)27-18)12-21(22,23)24;11-10(12,13)6-8-3-1-2-7-4-5-14-9(7)8;1-9(2)8(10)7-3-5-11(9)6-4-7;2-1-3;/h3-5,10,13,16H,6-9,11-12H2,1-2H3;1-5H,6H2;7-8H,3-6,10H2,1-2H3;;1H/t16-;;8-;;/m1.1../s1. The van der Waals surface area contributed by atoms with Crippen LogP contribution in [-0.4, -0.2) is 77.4 Å². The summed E-state index contributed by atoms with van der Waals surface area (Å²) in [5.74, 6) is 1.76. The van der Waals surface area contributed by atoms with Gasteiger partial charge in [-0.1, -0.05) is 36.4 Å². The van der Waals surface area contributed by atoms with Gasteiger partial charge in [0, 0.05) is 32.9 Å². The van der Waals surface area contributed by atoms with Gasteiger partial charge in [-0.25, -0.2) is 0 Å². The van der Waals surface area contributed by atoms with Crippen molar-refractivity contribution in [1.29, 1.82) is 0 Å². The fourth-order valence-corrected chi connectivity index (χ4v) is 11.1. The summed E-state index contributed by atoms with van der Waals surface area (Å²) in [6, 6.07) is 14.0. The van der Waals surface area contributed by atoms with Gasteiger partial charge in [-0.05, 0) is 137 Å². The predicted octanol–water partition coefficient (Wildman–Crippen LogP) is 10.4. The van der Waals surface area contributed by atoms with Crippen molar-refractivity contribution in [3.63, 3.8) is 0 Å². The zero-order chi connectivity index (χ0) is 40.3. The summed E-state index contributed by atoms with van der Waals surface area (Å²) in [6.45, 7) is 13.8. The molecule has 0 aliphatic carbocycles. The van der Waals surface area contributed by atoms with E-state index in [2.05, 4.69) is 37.5 Å². The highest BCUT2D eigenvalue weighted by molar-refractivity contribution is 7.21. The van der Waals surface area contributed by atoms with Crippen molar-refractivity contribution >= 4 is 67.2 Å². The van der Waals surface area contributed by atoms with E-state index in [1.54, 1.807) is 24.3 Å². The minimum absolute atomic E-state index is 0. The first-order valence-electron chi connectivity index (χ1n) is 18.6. The lowest BCUT2D eigenvalue weighted by Crippen LogP contribution is -2.67. The van der Waals surface area contributed by atoms with Gasteiger partial charge in [-0.2, -0.15) is 35.9 Å². The molecule has 15 heteroatoms. The molecule has 2 aromatic heterocycles. The Bertz CT molecular complexity index is 1950. The van der Waals surface area contributed by atoms with Crippen LogP contribution in [0.5, 0.6) is 0 Å². The Morgan fingerprint density at radius 1 is 0.768 bits per heavy atom. The van der Waals surface area contributed by atoms with Crippen molar-refractivity contribution in [3.05, 3.63) is 69.9 Å². The Kier molecular flexibility index (Phi) is 15.1. The van der Waals surface area contributed by atoms with E-state index in [0.29, 0.717) is 39.4 Å². The highest BCUT2D eigenvalue weighted by Crippen LogP contribution is 2.46. The first kappa shape index (κ1) is 45.9. The second-order valence-electron chi connectivity index (χ2n) is 16.1. The number of Topliss-reactive ketones (excluding diaryl/α,β-unsaturated/α-hetero) is 1. The normalized spacial score (nSPS) is 25.7. The van der Waals surface area contributed by atoms with Crippen LogP contribution in [0.15, 0.2) is 53.9 Å². The van der Waals surface area contributed by atoms with Gasteiger partial charge >= 0.3 is 18.5 Å². The van der Waals surface area contributed by atoms with E-state index >= 15 is 0 Å². The summed E-state index contributed by atoms with van der Waals surface area (Å²) < 4.78 is 76.4. The largest absolute Gasteiger partial charge is 0.393 e. The molecule has 2 atom stereocenters. The number of carbonyl (C=O) groups is 1. The third kappa shape index (κ3) is 10.8. The van der Waals surface area contributed by atoms with Crippen molar-refractivity contribution in [3.8, 4) is 0 Å². The van der Waals surface area contributed by atoms with Gasteiger partial charge in [-0.3, -0.25) is 14.6 Å². The number of hydrogen-bond donors (Lipinski definition) is 1. The second kappa shape index (κ2) is 18.4. The Morgan fingerprint density at radius 3 is 1.71 bits per heavy atom. The number of fused-ring (bicyclic) bond motifs is 8. The Hall–Kier alpha value is -2.84. The lowest BCUT2D eigenvalue weighted by atomic mass is 9.65. The first-order valence-corrected chi connectivity index (χ1v) is 20.3. The molecule has 4 bridgehead atoms. The van der Waals surface area contributed by atoms with Crippen LogP contribution < -0.4 is 5.73 Å². The lowest BCUT2D eigenvalue weighted by Gasteiger charge is -2.56. The number of piperidine rings is 6. The molecule has 6 aliphatic rings. The van der Waals surface area contributed by atoms with Crippen LogP contribution in [0.2, 0.25) is 0 Å². The minimum atomic E-state index is -4.25. The van der Waals surface area contributed by atoms with Crippen LogP contribution in [-0.2, 0) is 22.4 Å². The van der Waals surface area contributed by atoms with Crippen molar-refractivity contribution in [2.75, 3.05) is 26.2 Å². The number of nitrogens with zero attached hydrogens (tertiary/aromatic N) is 2. The molecule has 308 valence electrons. The monoisotopic (exact) mass is 845 g/mol. The molecule has 2 N–H and O–H groups in total. The van der Waals surface area contributed by atoms with E-state index in [0.717, 1.165) is 47.3 Å². The number of ketones is 1. The predicted molar refractivity (Wildman–Crippen MR) is 213 cm³/mol. The van der Waals surface area contributed by atoms with Crippen LogP contribution >= 0.6 is 35.1 Å². The first-order chi connectivity index (χ1) is 25.7. The van der Waals surface area contributed by atoms with Gasteiger partial charge < -0.3 is 5.73 Å². The SMILES string of the molecule is CC1(C)[C@H](CC(=O)c2cc3cccc(CC(F)(F)F)c3s2)C2CCN1CC2.CC1(C)[C@H](N)C2CCN1CC2.Cl.FC(F)(F)Cc1cccc2ccsc12.O=C=O. The van der Waals surface area contributed by atoms with Crippen molar-refractivity contribution in [2.24, 2.45) is 23.5 Å². The summed E-state index contributed by atoms with van der Waals surface area (Å²) in [6.07, 6.45) is -4.51. The number of alkyl halides is 6. The number of thiophene rings is 2. The van der Waals surface area contributed by atoms with Gasteiger partial charge in [0.1, 0.15) is 0 Å². The van der Waals surface area contributed by atoms with E-state index in [9.17, 15) is 31.1 Å². The number of rotatable bonds is 5. The summed E-state index contributed by atoms with van der Waals surface area (Å²) in [7, 11) is 0. The Labute approximate surface area is 338 Å². The van der Waals surface area contributed by atoms with Gasteiger partial charge in [-0.15, -0.1) is 35.1 Å². The zero-order valence-electron chi connectivity index (χ0n) is 32.0. The zero-order valence-corrected chi connectivity index (χ0v) is 34.4. The third-order valence-corrected chi connectivity index (χ3v) is 14.4. The van der Waals surface area contributed by atoms with Crippen molar-refractivity contribution < 1.29 is 40.7 Å².